The maximum atomic E-state index is 9.67. The van der Waals surface area contributed by atoms with Gasteiger partial charge < -0.3 is 15.5 Å². The second kappa shape index (κ2) is 6.96. The third-order valence-electron chi connectivity index (χ3n) is 4.11. The monoisotopic (exact) mass is 349 g/mol. The first-order valence-corrected chi connectivity index (χ1v) is 7.00. The van der Waals surface area contributed by atoms with Crippen LogP contribution in [0, 0.1) is 5.92 Å². The molecule has 1 aliphatic heterocycles. The lowest BCUT2D eigenvalue weighted by Gasteiger charge is -2.19. The Morgan fingerprint density at radius 3 is 2.43 bits per heavy atom. The van der Waals surface area contributed by atoms with Crippen LogP contribution < -0.4 is 5.32 Å². The molecular formula is C17H20BrNO2. The standard InChI is InChI=1S/C17H19NO2.BrH/c19-16-7-6-13(9-17(16)20)15-11-18-10-14(15)8-12-4-2-1-3-5-12;/h1-7,9,14-15,18-20H,8,10-11H2;1H/t14-,15-;/m1./s1. The van der Waals surface area contributed by atoms with E-state index in [0.29, 0.717) is 11.8 Å². The third-order valence-corrected chi connectivity index (χ3v) is 4.11. The van der Waals surface area contributed by atoms with Crippen LogP contribution >= 0.6 is 17.0 Å². The van der Waals surface area contributed by atoms with Crippen molar-refractivity contribution in [3.8, 4) is 11.5 Å². The van der Waals surface area contributed by atoms with Crippen molar-refractivity contribution in [3.63, 3.8) is 0 Å². The summed E-state index contributed by atoms with van der Waals surface area (Å²) in [6, 6.07) is 15.6. The maximum absolute atomic E-state index is 9.67. The molecule has 4 heteroatoms. The minimum Gasteiger partial charge on any atom is -0.504 e. The second-order valence-corrected chi connectivity index (χ2v) is 5.46. The number of phenolic OH excluding ortho intramolecular Hbond substituents is 2. The summed E-state index contributed by atoms with van der Waals surface area (Å²) in [5.41, 5.74) is 2.43. The molecule has 1 fully saturated rings. The van der Waals surface area contributed by atoms with Crippen LogP contribution in [0.3, 0.4) is 0 Å². The maximum Gasteiger partial charge on any atom is 0.157 e. The molecule has 3 nitrogen and oxygen atoms in total. The Labute approximate surface area is 135 Å². The van der Waals surface area contributed by atoms with Gasteiger partial charge in [-0.25, -0.2) is 0 Å². The molecule has 0 spiro atoms. The summed E-state index contributed by atoms with van der Waals surface area (Å²) in [4.78, 5) is 0. The van der Waals surface area contributed by atoms with Crippen molar-refractivity contribution in [3.05, 3.63) is 59.7 Å². The van der Waals surface area contributed by atoms with Gasteiger partial charge in [-0.1, -0.05) is 36.4 Å². The predicted octanol–water partition coefficient (Wildman–Crippen LogP) is 3.22. The summed E-state index contributed by atoms with van der Waals surface area (Å²) in [6.07, 6.45) is 1.03. The molecule has 0 amide bonds. The van der Waals surface area contributed by atoms with Crippen molar-refractivity contribution in [2.75, 3.05) is 13.1 Å². The number of rotatable bonds is 3. The molecule has 0 radical (unpaired) electrons. The van der Waals surface area contributed by atoms with E-state index in [2.05, 4.69) is 29.6 Å². The van der Waals surface area contributed by atoms with Crippen LogP contribution in [0.4, 0.5) is 0 Å². The Bertz CT molecular complexity index is 589. The molecule has 0 saturated carbocycles. The number of halogens is 1. The van der Waals surface area contributed by atoms with Crippen molar-refractivity contribution in [2.45, 2.75) is 12.3 Å². The number of benzene rings is 2. The van der Waals surface area contributed by atoms with Gasteiger partial charge in [0, 0.05) is 12.5 Å². The highest BCUT2D eigenvalue weighted by Crippen LogP contribution is 2.35. The zero-order valence-electron chi connectivity index (χ0n) is 11.7. The zero-order valence-corrected chi connectivity index (χ0v) is 13.4. The summed E-state index contributed by atoms with van der Waals surface area (Å²) in [6.45, 7) is 1.91. The third kappa shape index (κ3) is 3.57. The summed E-state index contributed by atoms with van der Waals surface area (Å²) in [5.74, 6) is 0.801. The van der Waals surface area contributed by atoms with Gasteiger partial charge in [0.15, 0.2) is 11.5 Å². The molecule has 21 heavy (non-hydrogen) atoms. The normalized spacial score (nSPS) is 21.0. The fraction of sp³-hybridized carbons (Fsp3) is 0.294. The van der Waals surface area contributed by atoms with Crippen molar-refractivity contribution in [1.29, 1.82) is 0 Å². The lowest BCUT2D eigenvalue weighted by atomic mass is 9.84. The first kappa shape index (κ1) is 15.9. The fourth-order valence-electron chi connectivity index (χ4n) is 3.03. The van der Waals surface area contributed by atoms with E-state index in [1.807, 2.05) is 12.1 Å². The van der Waals surface area contributed by atoms with E-state index in [0.717, 1.165) is 25.1 Å². The van der Waals surface area contributed by atoms with E-state index >= 15 is 0 Å². The van der Waals surface area contributed by atoms with E-state index in [4.69, 9.17) is 0 Å². The van der Waals surface area contributed by atoms with Gasteiger partial charge in [0.1, 0.15) is 0 Å². The van der Waals surface area contributed by atoms with Crippen LogP contribution in [0.2, 0.25) is 0 Å². The second-order valence-electron chi connectivity index (χ2n) is 5.46. The minimum absolute atomic E-state index is 0. The summed E-state index contributed by atoms with van der Waals surface area (Å²) >= 11 is 0. The van der Waals surface area contributed by atoms with Gasteiger partial charge in [0.05, 0.1) is 0 Å². The Hall–Kier alpha value is -1.52. The van der Waals surface area contributed by atoms with Crippen molar-refractivity contribution in [2.24, 2.45) is 5.92 Å². The minimum atomic E-state index is -0.0562. The van der Waals surface area contributed by atoms with Gasteiger partial charge in [-0.3, -0.25) is 0 Å². The van der Waals surface area contributed by atoms with Crippen LogP contribution in [-0.2, 0) is 6.42 Å². The lowest BCUT2D eigenvalue weighted by Crippen LogP contribution is -2.13. The SMILES string of the molecule is Br.Oc1ccc([C@H]2CNC[C@H]2Cc2ccccc2)cc1O. The summed E-state index contributed by atoms with van der Waals surface area (Å²) < 4.78 is 0. The van der Waals surface area contributed by atoms with E-state index in [9.17, 15) is 10.2 Å². The van der Waals surface area contributed by atoms with E-state index < -0.39 is 0 Å². The molecular weight excluding hydrogens is 330 g/mol. The van der Waals surface area contributed by atoms with Crippen LogP contribution in [0.15, 0.2) is 48.5 Å². The topological polar surface area (TPSA) is 52.5 Å². The smallest absolute Gasteiger partial charge is 0.157 e. The predicted molar refractivity (Wildman–Crippen MR) is 89.3 cm³/mol. The van der Waals surface area contributed by atoms with Crippen molar-refractivity contribution >= 4 is 17.0 Å². The van der Waals surface area contributed by atoms with Crippen molar-refractivity contribution < 1.29 is 10.2 Å². The van der Waals surface area contributed by atoms with Crippen molar-refractivity contribution in [1.82, 2.24) is 5.32 Å². The molecule has 1 heterocycles. The van der Waals surface area contributed by atoms with Gasteiger partial charge >= 0.3 is 0 Å². The lowest BCUT2D eigenvalue weighted by molar-refractivity contribution is 0.401. The van der Waals surface area contributed by atoms with Crippen LogP contribution in [0.1, 0.15) is 17.0 Å². The summed E-state index contributed by atoms with van der Waals surface area (Å²) in [7, 11) is 0. The van der Waals surface area contributed by atoms with Crippen LogP contribution in [-0.4, -0.2) is 23.3 Å². The quantitative estimate of drug-likeness (QED) is 0.745. The van der Waals surface area contributed by atoms with Gasteiger partial charge in [0.25, 0.3) is 0 Å². The highest BCUT2D eigenvalue weighted by molar-refractivity contribution is 8.93. The Morgan fingerprint density at radius 2 is 1.71 bits per heavy atom. The van der Waals surface area contributed by atoms with E-state index in [1.165, 1.54) is 5.56 Å². The Morgan fingerprint density at radius 1 is 0.952 bits per heavy atom. The molecule has 0 unspecified atom stereocenters. The highest BCUT2D eigenvalue weighted by Gasteiger charge is 2.28. The molecule has 0 aromatic heterocycles. The van der Waals surface area contributed by atoms with Gasteiger partial charge in [0.2, 0.25) is 0 Å². The number of hydrogen-bond donors (Lipinski definition) is 3. The largest absolute Gasteiger partial charge is 0.504 e. The molecule has 2 aromatic carbocycles. The molecule has 0 aliphatic carbocycles. The van der Waals surface area contributed by atoms with Gasteiger partial charge in [-0.15, -0.1) is 17.0 Å². The van der Waals surface area contributed by atoms with Gasteiger partial charge in [-0.05, 0) is 42.1 Å². The molecule has 3 N–H and O–H groups in total. The Kier molecular flexibility index (Phi) is 5.26. The number of phenols is 2. The molecule has 1 saturated heterocycles. The number of nitrogens with one attached hydrogen (secondary N) is 1. The average Bonchev–Trinajstić information content (AvgIpc) is 2.91. The zero-order chi connectivity index (χ0) is 13.9. The first-order valence-electron chi connectivity index (χ1n) is 7.00. The fourth-order valence-corrected chi connectivity index (χ4v) is 3.03. The average molecular weight is 350 g/mol. The van der Waals surface area contributed by atoms with Gasteiger partial charge in [-0.2, -0.15) is 0 Å². The van der Waals surface area contributed by atoms with Crippen LogP contribution in [0.25, 0.3) is 0 Å². The van der Waals surface area contributed by atoms with E-state index in [-0.39, 0.29) is 28.5 Å². The first-order chi connectivity index (χ1) is 9.74. The molecule has 3 rings (SSSR count). The highest BCUT2D eigenvalue weighted by atomic mass is 79.9. The molecule has 1 aliphatic rings. The molecule has 2 aromatic rings. The van der Waals surface area contributed by atoms with E-state index in [1.54, 1.807) is 12.1 Å². The molecule has 112 valence electrons. The summed E-state index contributed by atoms with van der Waals surface area (Å²) in [5, 5.41) is 22.5. The number of hydrogen-bond acceptors (Lipinski definition) is 3. The molecule has 2 atom stereocenters. The van der Waals surface area contributed by atoms with Crippen LogP contribution in [0.5, 0.6) is 11.5 Å². The number of aromatic hydroxyl groups is 2. The Balaban J connectivity index is 0.00000161. The molecule has 0 bridgehead atoms.